The van der Waals surface area contributed by atoms with Gasteiger partial charge in [0.2, 0.25) is 6.79 Å². The zero-order chi connectivity index (χ0) is 18.7. The third-order valence-electron chi connectivity index (χ3n) is 4.64. The number of likely N-dealkylation sites (N-methyl/N-ethyl adjacent to an activating group) is 1. The standard InChI is InChI=1S/C17H25N3O4S2/c1-19(2)6-7-20(14-5-8-26(21,22)11-14)17(25)18-10-13-3-4-15-16(9-13)24-12-23-15/h3-4,9,14H,5-8,10-12H2,1-2H3,(H,18,25)/p+1/t14-/m1/s1. The molecule has 0 saturated carbocycles. The van der Waals surface area contributed by atoms with E-state index in [1.807, 2.05) is 23.1 Å². The molecule has 1 saturated heterocycles. The lowest BCUT2D eigenvalue weighted by atomic mass is 10.2. The first-order chi connectivity index (χ1) is 12.3. The maximum Gasteiger partial charge on any atom is 0.231 e. The Hall–Kier alpha value is -1.58. The van der Waals surface area contributed by atoms with Gasteiger partial charge in [0, 0.05) is 12.6 Å². The smallest absolute Gasteiger partial charge is 0.231 e. The molecular formula is C17H26N3O4S2+. The highest BCUT2D eigenvalue weighted by Gasteiger charge is 2.33. The number of sulfone groups is 1. The van der Waals surface area contributed by atoms with Crippen LogP contribution in [0.1, 0.15) is 12.0 Å². The van der Waals surface area contributed by atoms with Crippen LogP contribution >= 0.6 is 12.2 Å². The Morgan fingerprint density at radius 1 is 1.35 bits per heavy atom. The summed E-state index contributed by atoms with van der Waals surface area (Å²) in [6.07, 6.45) is 0.636. The maximum absolute atomic E-state index is 11.9. The Morgan fingerprint density at radius 3 is 2.81 bits per heavy atom. The Bertz CT molecular complexity index is 767. The zero-order valence-electron chi connectivity index (χ0n) is 15.2. The molecule has 0 bridgehead atoms. The molecule has 2 aliphatic rings. The van der Waals surface area contributed by atoms with Gasteiger partial charge in [0.1, 0.15) is 0 Å². The summed E-state index contributed by atoms with van der Waals surface area (Å²) >= 11 is 5.59. The van der Waals surface area contributed by atoms with Crippen molar-refractivity contribution in [3.05, 3.63) is 23.8 Å². The van der Waals surface area contributed by atoms with Crippen LogP contribution in [0.2, 0.25) is 0 Å². The van der Waals surface area contributed by atoms with Gasteiger partial charge in [-0.05, 0) is 36.3 Å². The molecule has 26 heavy (non-hydrogen) atoms. The molecule has 0 spiro atoms. The van der Waals surface area contributed by atoms with Gasteiger partial charge >= 0.3 is 0 Å². The van der Waals surface area contributed by atoms with Gasteiger partial charge in [-0.25, -0.2) is 8.42 Å². The lowest BCUT2D eigenvalue weighted by Crippen LogP contribution is -3.06. The highest BCUT2D eigenvalue weighted by atomic mass is 32.2. The van der Waals surface area contributed by atoms with Crippen LogP contribution < -0.4 is 19.7 Å². The molecule has 2 heterocycles. The van der Waals surface area contributed by atoms with E-state index in [0.29, 0.717) is 18.1 Å². The van der Waals surface area contributed by atoms with E-state index in [1.54, 1.807) is 0 Å². The minimum atomic E-state index is -2.95. The van der Waals surface area contributed by atoms with E-state index >= 15 is 0 Å². The third kappa shape index (κ3) is 4.77. The molecule has 1 aromatic rings. The summed E-state index contributed by atoms with van der Waals surface area (Å²) in [5.74, 6) is 1.92. The minimum absolute atomic E-state index is 0.0453. The fourth-order valence-electron chi connectivity index (χ4n) is 3.15. The van der Waals surface area contributed by atoms with Crippen molar-refractivity contribution in [2.24, 2.45) is 0 Å². The van der Waals surface area contributed by atoms with Gasteiger partial charge in [-0.1, -0.05) is 6.07 Å². The zero-order valence-corrected chi connectivity index (χ0v) is 16.8. The molecular weight excluding hydrogens is 374 g/mol. The second-order valence-corrected chi connectivity index (χ2v) is 9.67. The predicted octanol–water partition coefficient (Wildman–Crippen LogP) is -0.577. The Kier molecular flexibility index (Phi) is 5.89. The number of nitrogens with zero attached hydrogens (tertiary/aromatic N) is 1. The van der Waals surface area contributed by atoms with Crippen LogP contribution in [0.25, 0.3) is 0 Å². The van der Waals surface area contributed by atoms with Crippen LogP contribution in [-0.2, 0) is 16.4 Å². The van der Waals surface area contributed by atoms with E-state index in [-0.39, 0.29) is 24.3 Å². The Morgan fingerprint density at radius 2 is 2.12 bits per heavy atom. The number of thiocarbonyl (C=S) groups is 1. The minimum Gasteiger partial charge on any atom is -0.454 e. The first-order valence-corrected chi connectivity index (χ1v) is 11.0. The van der Waals surface area contributed by atoms with E-state index in [1.165, 1.54) is 4.90 Å². The summed E-state index contributed by atoms with van der Waals surface area (Å²) in [6.45, 7) is 2.43. The second-order valence-electron chi connectivity index (χ2n) is 7.05. The fourth-order valence-corrected chi connectivity index (χ4v) is 5.19. The predicted molar refractivity (Wildman–Crippen MR) is 103 cm³/mol. The van der Waals surface area contributed by atoms with Crippen molar-refractivity contribution in [2.45, 2.75) is 19.0 Å². The molecule has 9 heteroatoms. The van der Waals surface area contributed by atoms with Crippen LogP contribution in [0.15, 0.2) is 18.2 Å². The van der Waals surface area contributed by atoms with Crippen LogP contribution in [0.4, 0.5) is 0 Å². The van der Waals surface area contributed by atoms with Gasteiger partial charge in [0.05, 0.1) is 38.7 Å². The van der Waals surface area contributed by atoms with Crippen LogP contribution in [-0.4, -0.2) is 70.0 Å². The summed E-state index contributed by atoms with van der Waals surface area (Å²) in [4.78, 5) is 3.34. The van der Waals surface area contributed by atoms with Crippen molar-refractivity contribution in [2.75, 3.05) is 45.5 Å². The quantitative estimate of drug-likeness (QED) is 0.619. The molecule has 0 aromatic heterocycles. The molecule has 1 aromatic carbocycles. The first kappa shape index (κ1) is 19.2. The number of quaternary nitrogens is 1. The second kappa shape index (κ2) is 7.98. The molecule has 0 amide bonds. The number of hydrogen-bond acceptors (Lipinski definition) is 5. The number of benzene rings is 1. The fraction of sp³-hybridized carbons (Fsp3) is 0.588. The summed E-state index contributed by atoms with van der Waals surface area (Å²) in [7, 11) is 1.20. The molecule has 1 atom stereocenters. The largest absolute Gasteiger partial charge is 0.454 e. The monoisotopic (exact) mass is 400 g/mol. The van der Waals surface area contributed by atoms with E-state index in [4.69, 9.17) is 21.7 Å². The number of hydrogen-bond donors (Lipinski definition) is 2. The number of fused-ring (bicyclic) bond motifs is 1. The van der Waals surface area contributed by atoms with Crippen molar-refractivity contribution in [3.8, 4) is 11.5 Å². The van der Waals surface area contributed by atoms with Gasteiger partial charge in [-0.15, -0.1) is 0 Å². The molecule has 1 fully saturated rings. The number of ether oxygens (including phenoxy) is 2. The van der Waals surface area contributed by atoms with Crippen molar-refractivity contribution >= 4 is 27.2 Å². The summed E-state index contributed by atoms with van der Waals surface area (Å²) in [6, 6.07) is 5.75. The lowest BCUT2D eigenvalue weighted by Gasteiger charge is -2.31. The number of rotatable bonds is 6. The lowest BCUT2D eigenvalue weighted by molar-refractivity contribution is -0.857. The van der Waals surface area contributed by atoms with E-state index in [0.717, 1.165) is 30.2 Å². The summed E-state index contributed by atoms with van der Waals surface area (Å²) < 4.78 is 34.5. The topological polar surface area (TPSA) is 72.3 Å². The van der Waals surface area contributed by atoms with Crippen molar-refractivity contribution in [3.63, 3.8) is 0 Å². The van der Waals surface area contributed by atoms with Crippen molar-refractivity contribution in [1.29, 1.82) is 0 Å². The molecule has 144 valence electrons. The van der Waals surface area contributed by atoms with Crippen molar-refractivity contribution < 1.29 is 22.8 Å². The first-order valence-electron chi connectivity index (χ1n) is 8.76. The van der Waals surface area contributed by atoms with E-state index in [2.05, 4.69) is 19.4 Å². The van der Waals surface area contributed by atoms with Crippen LogP contribution in [0, 0.1) is 0 Å². The SMILES string of the molecule is C[NH+](C)CCN(C(=S)NCc1ccc2c(c1)OCO2)[C@@H]1CCS(=O)(=O)C1. The van der Waals surface area contributed by atoms with E-state index in [9.17, 15) is 8.42 Å². The molecule has 2 N–H and O–H groups in total. The maximum atomic E-state index is 11.9. The highest BCUT2D eigenvalue weighted by molar-refractivity contribution is 7.91. The molecule has 3 rings (SSSR count). The van der Waals surface area contributed by atoms with Crippen molar-refractivity contribution in [1.82, 2.24) is 10.2 Å². The summed E-state index contributed by atoms with van der Waals surface area (Å²) in [5.41, 5.74) is 1.04. The van der Waals surface area contributed by atoms with E-state index < -0.39 is 9.84 Å². The molecule has 7 nitrogen and oxygen atoms in total. The summed E-state index contributed by atoms with van der Waals surface area (Å²) in [5, 5.41) is 3.88. The van der Waals surface area contributed by atoms with Gasteiger partial charge in [0.15, 0.2) is 26.4 Å². The normalized spacial score (nSPS) is 20.3. The van der Waals surface area contributed by atoms with Gasteiger partial charge in [0.25, 0.3) is 0 Å². The average Bonchev–Trinajstić information content (AvgIpc) is 3.18. The van der Waals surface area contributed by atoms with Gasteiger partial charge in [-0.2, -0.15) is 0 Å². The van der Waals surface area contributed by atoms with Gasteiger partial charge in [-0.3, -0.25) is 0 Å². The van der Waals surface area contributed by atoms with Crippen LogP contribution in [0.5, 0.6) is 11.5 Å². The Labute approximate surface area is 160 Å². The molecule has 0 aliphatic carbocycles. The number of nitrogens with one attached hydrogen (secondary N) is 2. The molecule has 0 radical (unpaired) electrons. The average molecular weight is 401 g/mol. The third-order valence-corrected chi connectivity index (χ3v) is 6.77. The molecule has 0 unspecified atom stereocenters. The van der Waals surface area contributed by atoms with Gasteiger partial charge < -0.3 is 24.6 Å². The Balaban J connectivity index is 1.63. The van der Waals surface area contributed by atoms with Crippen LogP contribution in [0.3, 0.4) is 0 Å². The highest BCUT2D eigenvalue weighted by Crippen LogP contribution is 2.32. The molecule has 2 aliphatic heterocycles.